The highest BCUT2D eigenvalue weighted by Gasteiger charge is 2.04. The third kappa shape index (κ3) is 7.34. The predicted molar refractivity (Wildman–Crippen MR) is 102 cm³/mol. The zero-order valence-corrected chi connectivity index (χ0v) is 15.0. The molecule has 0 bridgehead atoms. The van der Waals surface area contributed by atoms with Gasteiger partial charge in [-0.1, -0.05) is 42.5 Å². The molecule has 0 fully saturated rings. The summed E-state index contributed by atoms with van der Waals surface area (Å²) in [4.78, 5) is 16.4. The lowest BCUT2D eigenvalue weighted by atomic mass is 10.1. The Morgan fingerprint density at radius 2 is 1.69 bits per heavy atom. The van der Waals surface area contributed by atoms with E-state index in [1.54, 1.807) is 12.1 Å². The molecule has 5 nitrogen and oxygen atoms in total. The molecule has 0 saturated carbocycles. The monoisotopic (exact) mass is 356 g/mol. The van der Waals surface area contributed by atoms with Crippen LogP contribution in [0.2, 0.25) is 0 Å². The summed E-state index contributed by atoms with van der Waals surface area (Å²) in [6.45, 7) is 4.36. The van der Waals surface area contributed by atoms with E-state index in [9.17, 15) is 9.18 Å². The number of hydrogen-bond donors (Lipinski definition) is 3. The van der Waals surface area contributed by atoms with E-state index in [4.69, 9.17) is 0 Å². The lowest BCUT2D eigenvalue weighted by Crippen LogP contribution is -2.41. The van der Waals surface area contributed by atoms with Crippen molar-refractivity contribution in [3.63, 3.8) is 0 Å². The van der Waals surface area contributed by atoms with Crippen molar-refractivity contribution in [3.8, 4) is 0 Å². The topological polar surface area (TPSA) is 65.5 Å². The third-order valence-electron chi connectivity index (χ3n) is 3.60. The first-order chi connectivity index (χ1) is 12.7. The van der Waals surface area contributed by atoms with Gasteiger partial charge in [0.25, 0.3) is 0 Å². The van der Waals surface area contributed by atoms with Gasteiger partial charge in [-0.15, -0.1) is 0 Å². The van der Waals surface area contributed by atoms with Gasteiger partial charge >= 0.3 is 0 Å². The molecule has 1 amide bonds. The summed E-state index contributed by atoms with van der Waals surface area (Å²) >= 11 is 0. The minimum Gasteiger partial charge on any atom is -0.357 e. The highest BCUT2D eigenvalue weighted by Crippen LogP contribution is 2.04. The summed E-state index contributed by atoms with van der Waals surface area (Å²) in [5.74, 6) is 0.237. The molecule has 0 saturated heterocycles. The quantitative estimate of drug-likeness (QED) is 0.386. The number of aliphatic imine (C=N–C) groups is 1. The fraction of sp³-hybridized carbons (Fsp3) is 0.300. The summed E-state index contributed by atoms with van der Waals surface area (Å²) in [6, 6.07) is 16.1. The average molecular weight is 356 g/mol. The molecule has 0 atom stereocenters. The molecule has 2 rings (SSSR count). The maximum Gasteiger partial charge on any atom is 0.224 e. The first-order valence-corrected chi connectivity index (χ1v) is 8.74. The minimum atomic E-state index is -0.332. The lowest BCUT2D eigenvalue weighted by molar-refractivity contribution is -0.120. The van der Waals surface area contributed by atoms with Crippen LogP contribution in [0.5, 0.6) is 0 Å². The van der Waals surface area contributed by atoms with Gasteiger partial charge in [0.05, 0.1) is 13.0 Å². The highest BCUT2D eigenvalue weighted by atomic mass is 19.1. The number of carbonyl (C=O) groups is 1. The molecule has 26 heavy (non-hydrogen) atoms. The standard InChI is InChI=1S/C20H25FN4O/c1-2-22-20(25-15-16-7-4-3-5-8-16)24-12-11-23-19(26)14-17-9-6-10-18(21)13-17/h3-10,13H,2,11-12,14-15H2,1H3,(H,23,26)(H2,22,24,25). The number of rotatable bonds is 8. The highest BCUT2D eigenvalue weighted by molar-refractivity contribution is 5.80. The summed E-state index contributed by atoms with van der Waals surface area (Å²) in [6.07, 6.45) is 0.167. The van der Waals surface area contributed by atoms with Crippen LogP contribution in [0.15, 0.2) is 59.6 Å². The van der Waals surface area contributed by atoms with Crippen LogP contribution in [0.3, 0.4) is 0 Å². The number of hydrogen-bond acceptors (Lipinski definition) is 2. The van der Waals surface area contributed by atoms with Gasteiger partial charge in [0.1, 0.15) is 5.82 Å². The Bertz CT molecular complexity index is 719. The van der Waals surface area contributed by atoms with Crippen molar-refractivity contribution in [2.75, 3.05) is 19.6 Å². The zero-order chi connectivity index (χ0) is 18.6. The van der Waals surface area contributed by atoms with E-state index < -0.39 is 0 Å². The maximum absolute atomic E-state index is 13.1. The van der Waals surface area contributed by atoms with E-state index in [0.717, 1.165) is 12.1 Å². The first kappa shape index (κ1) is 19.4. The molecule has 2 aromatic carbocycles. The zero-order valence-electron chi connectivity index (χ0n) is 15.0. The molecule has 2 aromatic rings. The largest absolute Gasteiger partial charge is 0.357 e. The molecule has 0 aromatic heterocycles. The minimum absolute atomic E-state index is 0.136. The molecule has 138 valence electrons. The second kappa shape index (κ2) is 10.9. The molecule has 3 N–H and O–H groups in total. The van der Waals surface area contributed by atoms with Gasteiger partial charge < -0.3 is 16.0 Å². The van der Waals surface area contributed by atoms with E-state index in [1.807, 2.05) is 37.3 Å². The van der Waals surface area contributed by atoms with Crippen LogP contribution >= 0.6 is 0 Å². The van der Waals surface area contributed by atoms with E-state index in [1.165, 1.54) is 12.1 Å². The van der Waals surface area contributed by atoms with Crippen molar-refractivity contribution >= 4 is 11.9 Å². The number of halogens is 1. The first-order valence-electron chi connectivity index (χ1n) is 8.74. The predicted octanol–water partition coefficient (Wildman–Crippen LogP) is 2.24. The fourth-order valence-corrected chi connectivity index (χ4v) is 2.37. The summed E-state index contributed by atoms with van der Waals surface area (Å²) in [5.41, 5.74) is 1.79. The SMILES string of the molecule is CCNC(=NCc1ccccc1)NCCNC(=O)Cc1cccc(F)c1. The Balaban J connectivity index is 1.72. The van der Waals surface area contributed by atoms with Gasteiger partial charge in [0.2, 0.25) is 5.91 Å². The van der Waals surface area contributed by atoms with Crippen LogP contribution in [-0.2, 0) is 17.8 Å². The Labute approximate surface area is 153 Å². The van der Waals surface area contributed by atoms with E-state index in [-0.39, 0.29) is 18.1 Å². The van der Waals surface area contributed by atoms with Crippen LogP contribution in [0.1, 0.15) is 18.1 Å². The molecule has 6 heteroatoms. The van der Waals surface area contributed by atoms with Crippen molar-refractivity contribution in [1.82, 2.24) is 16.0 Å². The second-order valence-corrected chi connectivity index (χ2v) is 5.76. The summed E-state index contributed by atoms with van der Waals surface area (Å²) < 4.78 is 13.1. The van der Waals surface area contributed by atoms with E-state index in [2.05, 4.69) is 20.9 Å². The maximum atomic E-state index is 13.1. The van der Waals surface area contributed by atoms with Gasteiger partial charge in [0, 0.05) is 19.6 Å². The lowest BCUT2D eigenvalue weighted by Gasteiger charge is -2.12. The molecule has 0 unspecified atom stereocenters. The third-order valence-corrected chi connectivity index (χ3v) is 3.60. The number of nitrogens with one attached hydrogen (secondary N) is 3. The second-order valence-electron chi connectivity index (χ2n) is 5.76. The van der Waals surface area contributed by atoms with Gasteiger partial charge in [0.15, 0.2) is 5.96 Å². The van der Waals surface area contributed by atoms with Crippen LogP contribution in [0.25, 0.3) is 0 Å². The van der Waals surface area contributed by atoms with Crippen molar-refractivity contribution in [2.24, 2.45) is 4.99 Å². The Morgan fingerprint density at radius 3 is 2.42 bits per heavy atom. The van der Waals surface area contributed by atoms with Gasteiger partial charge in [-0.3, -0.25) is 4.79 Å². The average Bonchev–Trinajstić information content (AvgIpc) is 2.64. The Kier molecular flexibility index (Phi) is 8.12. The molecular formula is C20H25FN4O. The Morgan fingerprint density at radius 1 is 0.962 bits per heavy atom. The van der Waals surface area contributed by atoms with E-state index >= 15 is 0 Å². The van der Waals surface area contributed by atoms with Crippen LogP contribution < -0.4 is 16.0 Å². The number of benzene rings is 2. The van der Waals surface area contributed by atoms with Gasteiger partial charge in [-0.2, -0.15) is 0 Å². The van der Waals surface area contributed by atoms with Crippen molar-refractivity contribution in [2.45, 2.75) is 19.9 Å². The van der Waals surface area contributed by atoms with Crippen molar-refractivity contribution in [1.29, 1.82) is 0 Å². The molecule has 0 aliphatic rings. The van der Waals surface area contributed by atoms with Crippen molar-refractivity contribution in [3.05, 3.63) is 71.5 Å². The van der Waals surface area contributed by atoms with Crippen molar-refractivity contribution < 1.29 is 9.18 Å². The van der Waals surface area contributed by atoms with Crippen LogP contribution in [0.4, 0.5) is 4.39 Å². The molecule has 0 radical (unpaired) electrons. The number of nitrogens with zero attached hydrogens (tertiary/aromatic N) is 1. The van der Waals surface area contributed by atoms with Gasteiger partial charge in [-0.05, 0) is 30.2 Å². The van der Waals surface area contributed by atoms with E-state index in [0.29, 0.717) is 31.2 Å². The van der Waals surface area contributed by atoms with Crippen LogP contribution in [-0.4, -0.2) is 31.5 Å². The number of guanidine groups is 1. The molecule has 0 heterocycles. The molecule has 0 spiro atoms. The molecular weight excluding hydrogens is 331 g/mol. The van der Waals surface area contributed by atoms with Gasteiger partial charge in [-0.25, -0.2) is 9.38 Å². The normalized spacial score (nSPS) is 11.1. The number of amides is 1. The molecule has 0 aliphatic heterocycles. The molecule has 0 aliphatic carbocycles. The fourth-order valence-electron chi connectivity index (χ4n) is 2.37. The van der Waals surface area contributed by atoms with Crippen LogP contribution in [0, 0.1) is 5.82 Å². The smallest absolute Gasteiger partial charge is 0.224 e. The number of carbonyl (C=O) groups excluding carboxylic acids is 1. The summed E-state index contributed by atoms with van der Waals surface area (Å²) in [5, 5.41) is 9.17. The summed E-state index contributed by atoms with van der Waals surface area (Å²) in [7, 11) is 0. The Hall–Kier alpha value is -2.89.